The zero-order chi connectivity index (χ0) is 16.4. The molecule has 1 aliphatic rings. The first-order chi connectivity index (χ1) is 10.9. The van der Waals surface area contributed by atoms with Gasteiger partial charge >= 0.3 is 0 Å². The van der Waals surface area contributed by atoms with Gasteiger partial charge in [-0.2, -0.15) is 11.8 Å². The van der Waals surface area contributed by atoms with Crippen LogP contribution in [0.2, 0.25) is 0 Å². The zero-order valence-electron chi connectivity index (χ0n) is 13.1. The molecule has 8 heteroatoms. The molecule has 2 heterocycles. The molecule has 2 aromatic rings. The minimum absolute atomic E-state index is 0.567. The molecule has 0 aliphatic carbocycles. The van der Waals surface area contributed by atoms with Gasteiger partial charge in [0.15, 0.2) is 5.13 Å². The van der Waals surface area contributed by atoms with Gasteiger partial charge in [0.1, 0.15) is 0 Å². The van der Waals surface area contributed by atoms with E-state index in [4.69, 9.17) is 4.98 Å². The third kappa shape index (κ3) is 4.19. The van der Waals surface area contributed by atoms with Crippen molar-refractivity contribution in [1.82, 2.24) is 4.98 Å². The van der Waals surface area contributed by atoms with Crippen LogP contribution < -0.4 is 9.62 Å². The molecule has 1 saturated heterocycles. The number of rotatable bonds is 4. The maximum atomic E-state index is 11.3. The molecule has 1 fully saturated rings. The first-order valence-corrected chi connectivity index (χ1v) is 11.2. The van der Waals surface area contributed by atoms with Crippen LogP contribution in [0.4, 0.5) is 10.8 Å². The Morgan fingerprint density at radius 1 is 1.17 bits per heavy atom. The fourth-order valence-corrected chi connectivity index (χ4v) is 4.90. The second-order valence-corrected chi connectivity index (χ2v) is 9.61. The Bertz CT molecular complexity index is 779. The van der Waals surface area contributed by atoms with Gasteiger partial charge in [0.2, 0.25) is 10.0 Å². The van der Waals surface area contributed by atoms with Crippen LogP contribution in [0.15, 0.2) is 24.3 Å². The lowest BCUT2D eigenvalue weighted by Crippen LogP contribution is -2.32. The number of aromatic nitrogens is 1. The summed E-state index contributed by atoms with van der Waals surface area (Å²) in [6, 6.07) is 7.36. The number of thioether (sulfide) groups is 1. The van der Waals surface area contributed by atoms with E-state index in [1.54, 1.807) is 23.5 Å². The van der Waals surface area contributed by atoms with E-state index in [1.165, 1.54) is 4.88 Å². The van der Waals surface area contributed by atoms with Gasteiger partial charge in [0, 0.05) is 40.7 Å². The smallest absolute Gasteiger partial charge is 0.229 e. The number of aryl methyl sites for hydroxylation is 1. The lowest BCUT2D eigenvalue weighted by atomic mass is 10.1. The second kappa shape index (κ2) is 6.70. The number of benzene rings is 1. The Kier molecular flexibility index (Phi) is 4.84. The number of thiazole rings is 1. The molecule has 0 radical (unpaired) electrons. The topological polar surface area (TPSA) is 62.3 Å². The molecule has 124 valence electrons. The van der Waals surface area contributed by atoms with Crippen molar-refractivity contribution >= 4 is 43.9 Å². The lowest BCUT2D eigenvalue weighted by molar-refractivity contribution is 0.607. The third-order valence-electron chi connectivity index (χ3n) is 3.53. The molecule has 23 heavy (non-hydrogen) atoms. The van der Waals surface area contributed by atoms with Crippen molar-refractivity contribution in [3.8, 4) is 11.3 Å². The number of hydrogen-bond donors (Lipinski definition) is 1. The summed E-state index contributed by atoms with van der Waals surface area (Å²) in [5.41, 5.74) is 2.56. The van der Waals surface area contributed by atoms with Crippen LogP contribution in [0.25, 0.3) is 11.3 Å². The van der Waals surface area contributed by atoms with Crippen molar-refractivity contribution in [2.45, 2.75) is 6.92 Å². The summed E-state index contributed by atoms with van der Waals surface area (Å²) in [6.45, 7) is 4.18. The molecule has 0 amide bonds. The summed E-state index contributed by atoms with van der Waals surface area (Å²) in [7, 11) is -3.25. The maximum Gasteiger partial charge on any atom is 0.229 e. The molecular formula is C15H19N3O2S3. The van der Waals surface area contributed by atoms with Crippen LogP contribution in [0.5, 0.6) is 0 Å². The minimum Gasteiger partial charge on any atom is -0.346 e. The summed E-state index contributed by atoms with van der Waals surface area (Å²) < 4.78 is 25.0. The molecule has 3 rings (SSSR count). The average Bonchev–Trinajstić information content (AvgIpc) is 2.89. The number of hydrogen-bond acceptors (Lipinski definition) is 6. The van der Waals surface area contributed by atoms with Crippen molar-refractivity contribution in [2.24, 2.45) is 0 Å². The minimum atomic E-state index is -3.25. The average molecular weight is 370 g/mol. The number of nitrogens with zero attached hydrogens (tertiary/aromatic N) is 2. The predicted octanol–water partition coefficient (Wildman–Crippen LogP) is 3.04. The number of nitrogens with one attached hydrogen (secondary N) is 1. The van der Waals surface area contributed by atoms with E-state index in [9.17, 15) is 8.42 Å². The molecule has 1 aromatic heterocycles. The van der Waals surface area contributed by atoms with Crippen LogP contribution in [0, 0.1) is 6.92 Å². The highest BCUT2D eigenvalue weighted by Gasteiger charge is 2.17. The highest BCUT2D eigenvalue weighted by molar-refractivity contribution is 7.99. The van der Waals surface area contributed by atoms with E-state index >= 15 is 0 Å². The Labute approximate surface area is 145 Å². The van der Waals surface area contributed by atoms with Gasteiger partial charge in [-0.3, -0.25) is 4.72 Å². The fraction of sp³-hybridized carbons (Fsp3) is 0.400. The summed E-state index contributed by atoms with van der Waals surface area (Å²) in [6.07, 6.45) is 1.15. The highest BCUT2D eigenvalue weighted by atomic mass is 32.2. The highest BCUT2D eigenvalue weighted by Crippen LogP contribution is 2.33. The summed E-state index contributed by atoms with van der Waals surface area (Å²) >= 11 is 3.71. The van der Waals surface area contributed by atoms with Gasteiger partial charge in [-0.1, -0.05) is 12.1 Å². The summed E-state index contributed by atoms with van der Waals surface area (Å²) in [5, 5.41) is 1.08. The van der Waals surface area contributed by atoms with Crippen molar-refractivity contribution in [1.29, 1.82) is 0 Å². The van der Waals surface area contributed by atoms with Crippen molar-refractivity contribution < 1.29 is 8.42 Å². The summed E-state index contributed by atoms with van der Waals surface area (Å²) in [4.78, 5) is 8.33. The van der Waals surface area contributed by atoms with E-state index < -0.39 is 10.0 Å². The largest absolute Gasteiger partial charge is 0.346 e. The van der Waals surface area contributed by atoms with Gasteiger partial charge in [0.25, 0.3) is 0 Å². The first-order valence-electron chi connectivity index (χ1n) is 7.31. The normalized spacial score (nSPS) is 15.7. The van der Waals surface area contributed by atoms with E-state index in [0.717, 1.165) is 47.2 Å². The van der Waals surface area contributed by atoms with Crippen molar-refractivity contribution in [2.75, 3.05) is 40.5 Å². The lowest BCUT2D eigenvalue weighted by Gasteiger charge is -2.25. The molecule has 1 aliphatic heterocycles. The molecular weight excluding hydrogens is 350 g/mol. The fourth-order valence-electron chi connectivity index (χ4n) is 2.45. The van der Waals surface area contributed by atoms with Crippen molar-refractivity contribution in [3.63, 3.8) is 0 Å². The number of sulfonamides is 1. The van der Waals surface area contributed by atoms with E-state index in [2.05, 4.69) is 16.5 Å². The first kappa shape index (κ1) is 16.6. The summed E-state index contributed by atoms with van der Waals surface area (Å²) in [5.74, 6) is 2.31. The van der Waals surface area contributed by atoms with E-state index in [-0.39, 0.29) is 0 Å². The second-order valence-electron chi connectivity index (χ2n) is 5.45. The van der Waals surface area contributed by atoms with Gasteiger partial charge in [-0.25, -0.2) is 13.4 Å². The molecule has 0 bridgehead atoms. The number of anilines is 2. The maximum absolute atomic E-state index is 11.3. The van der Waals surface area contributed by atoms with E-state index in [1.807, 2.05) is 23.9 Å². The monoisotopic (exact) mass is 369 g/mol. The van der Waals surface area contributed by atoms with Crippen LogP contribution >= 0.6 is 23.1 Å². The molecule has 5 nitrogen and oxygen atoms in total. The molecule has 0 unspecified atom stereocenters. The van der Waals surface area contributed by atoms with Gasteiger partial charge in [-0.05, 0) is 19.1 Å². The molecule has 1 N–H and O–H groups in total. The third-order valence-corrected chi connectivity index (χ3v) is 6.11. The van der Waals surface area contributed by atoms with Crippen molar-refractivity contribution in [3.05, 3.63) is 29.1 Å². The molecule has 0 atom stereocenters. The standard InChI is InChI=1S/C15H19N3O2S3/c1-11-14(16-15(22-11)18-7-9-21-10-8-18)12-3-5-13(6-4-12)17-23(2,19)20/h3-6,17H,7-10H2,1-2H3. The van der Waals surface area contributed by atoms with Gasteiger partial charge < -0.3 is 4.90 Å². The quantitative estimate of drug-likeness (QED) is 0.897. The van der Waals surface area contributed by atoms with Crippen LogP contribution in [0.1, 0.15) is 4.88 Å². The van der Waals surface area contributed by atoms with Gasteiger partial charge in [0.05, 0.1) is 11.9 Å². The Hall–Kier alpha value is -1.25. The van der Waals surface area contributed by atoms with Gasteiger partial charge in [-0.15, -0.1) is 11.3 Å². The Balaban J connectivity index is 1.82. The molecule has 0 saturated carbocycles. The Morgan fingerprint density at radius 2 is 1.83 bits per heavy atom. The SMILES string of the molecule is Cc1sc(N2CCSCC2)nc1-c1ccc(NS(C)(=O)=O)cc1. The predicted molar refractivity (Wildman–Crippen MR) is 100 cm³/mol. The van der Waals surface area contributed by atoms with Crippen LogP contribution in [-0.4, -0.2) is 44.3 Å². The molecule has 0 spiro atoms. The molecule has 1 aromatic carbocycles. The van der Waals surface area contributed by atoms with E-state index in [0.29, 0.717) is 5.69 Å². The zero-order valence-corrected chi connectivity index (χ0v) is 15.5. The Morgan fingerprint density at radius 3 is 2.43 bits per heavy atom. The van der Waals surface area contributed by atoms with Crippen LogP contribution in [-0.2, 0) is 10.0 Å². The van der Waals surface area contributed by atoms with Crippen LogP contribution in [0.3, 0.4) is 0 Å².